The highest BCUT2D eigenvalue weighted by atomic mass is 16.5. The van der Waals surface area contributed by atoms with Crippen molar-refractivity contribution in [3.63, 3.8) is 0 Å². The van der Waals surface area contributed by atoms with Gasteiger partial charge in [0.1, 0.15) is 5.76 Å². The normalized spacial score (nSPS) is 24.9. The van der Waals surface area contributed by atoms with Gasteiger partial charge in [0.25, 0.3) is 0 Å². The van der Waals surface area contributed by atoms with E-state index in [9.17, 15) is 4.79 Å². The first kappa shape index (κ1) is 15.1. The molecule has 1 N–H and O–H groups in total. The van der Waals surface area contributed by atoms with Crippen molar-refractivity contribution in [1.29, 1.82) is 0 Å². The van der Waals surface area contributed by atoms with Gasteiger partial charge >= 0.3 is 5.97 Å². The number of ether oxygens (including phenoxy) is 1. The van der Waals surface area contributed by atoms with Gasteiger partial charge in [-0.25, -0.2) is 4.79 Å². The lowest BCUT2D eigenvalue weighted by Gasteiger charge is -2.20. The summed E-state index contributed by atoms with van der Waals surface area (Å²) in [6.07, 6.45) is 6.35. The second-order valence-electron chi connectivity index (χ2n) is 5.89. The first-order valence-electron chi connectivity index (χ1n) is 7.54. The van der Waals surface area contributed by atoms with Crippen LogP contribution in [-0.2, 0) is 4.74 Å². The van der Waals surface area contributed by atoms with Gasteiger partial charge in [-0.2, -0.15) is 0 Å². The van der Waals surface area contributed by atoms with Crippen LogP contribution in [0.3, 0.4) is 0 Å². The maximum atomic E-state index is 11.4. The van der Waals surface area contributed by atoms with Crippen LogP contribution < -0.4 is 5.32 Å². The molecule has 2 rings (SSSR count). The summed E-state index contributed by atoms with van der Waals surface area (Å²) in [6.45, 7) is 4.41. The molecule has 0 aromatic carbocycles. The quantitative estimate of drug-likeness (QED) is 0.674. The fraction of sp³-hybridized carbons (Fsp3) is 0.688. The first-order valence-corrected chi connectivity index (χ1v) is 7.54. The van der Waals surface area contributed by atoms with Crippen LogP contribution in [0, 0.1) is 5.92 Å². The second kappa shape index (κ2) is 6.93. The van der Waals surface area contributed by atoms with Crippen LogP contribution in [0.4, 0.5) is 0 Å². The summed E-state index contributed by atoms with van der Waals surface area (Å²) < 4.78 is 10.2. The third-order valence-electron chi connectivity index (χ3n) is 4.18. The van der Waals surface area contributed by atoms with Crippen molar-refractivity contribution >= 4 is 5.97 Å². The Labute approximate surface area is 120 Å². The number of esters is 1. The molecule has 112 valence electrons. The molecule has 0 aliphatic heterocycles. The van der Waals surface area contributed by atoms with E-state index in [1.54, 1.807) is 6.07 Å². The molecule has 0 amide bonds. The van der Waals surface area contributed by atoms with E-state index in [0.29, 0.717) is 6.04 Å². The predicted octanol–water partition coefficient (Wildman–Crippen LogP) is 3.69. The fourth-order valence-electron chi connectivity index (χ4n) is 2.89. The maximum absolute atomic E-state index is 11.4. The Morgan fingerprint density at radius 3 is 2.90 bits per heavy atom. The third kappa shape index (κ3) is 3.85. The van der Waals surface area contributed by atoms with Crippen molar-refractivity contribution in [2.24, 2.45) is 5.92 Å². The van der Waals surface area contributed by atoms with E-state index in [-0.39, 0.29) is 11.8 Å². The van der Waals surface area contributed by atoms with Crippen LogP contribution in [0.15, 0.2) is 16.5 Å². The Kier molecular flexibility index (Phi) is 5.24. The van der Waals surface area contributed by atoms with Crippen LogP contribution in [0.1, 0.15) is 68.3 Å². The highest BCUT2D eigenvalue weighted by Crippen LogP contribution is 2.25. The molecule has 3 atom stereocenters. The molecule has 0 radical (unpaired) electrons. The van der Waals surface area contributed by atoms with Crippen molar-refractivity contribution in [2.45, 2.75) is 58.0 Å². The molecule has 1 aliphatic carbocycles. The standard InChI is InChI=1S/C16H25NO3/c1-11-5-4-6-13(8-7-11)17-12(2)14-9-10-15(20-14)16(18)19-3/h9-13,17H,4-8H2,1-3H3. The molecule has 1 aromatic heterocycles. The van der Waals surface area contributed by atoms with Crippen LogP contribution in [0.25, 0.3) is 0 Å². The van der Waals surface area contributed by atoms with Crippen molar-refractivity contribution in [3.8, 4) is 0 Å². The van der Waals surface area contributed by atoms with E-state index in [0.717, 1.165) is 11.7 Å². The summed E-state index contributed by atoms with van der Waals surface area (Å²) in [4.78, 5) is 11.4. The molecule has 20 heavy (non-hydrogen) atoms. The van der Waals surface area contributed by atoms with Crippen LogP contribution in [0.5, 0.6) is 0 Å². The summed E-state index contributed by atoms with van der Waals surface area (Å²) in [5.41, 5.74) is 0. The smallest absolute Gasteiger partial charge is 0.373 e. The zero-order valence-electron chi connectivity index (χ0n) is 12.6. The molecule has 1 heterocycles. The maximum Gasteiger partial charge on any atom is 0.373 e. The molecule has 1 saturated carbocycles. The van der Waals surface area contributed by atoms with Crippen molar-refractivity contribution in [1.82, 2.24) is 5.32 Å². The number of nitrogens with one attached hydrogen (secondary N) is 1. The van der Waals surface area contributed by atoms with E-state index in [1.165, 1.54) is 39.2 Å². The van der Waals surface area contributed by atoms with Gasteiger partial charge in [0.05, 0.1) is 13.2 Å². The van der Waals surface area contributed by atoms with E-state index < -0.39 is 5.97 Å². The van der Waals surface area contributed by atoms with Gasteiger partial charge < -0.3 is 14.5 Å². The summed E-state index contributed by atoms with van der Waals surface area (Å²) in [5, 5.41) is 3.62. The van der Waals surface area contributed by atoms with Gasteiger partial charge in [-0.1, -0.05) is 19.8 Å². The van der Waals surface area contributed by atoms with E-state index in [4.69, 9.17) is 4.42 Å². The molecule has 4 heteroatoms. The lowest BCUT2D eigenvalue weighted by Crippen LogP contribution is -2.30. The Morgan fingerprint density at radius 2 is 2.15 bits per heavy atom. The van der Waals surface area contributed by atoms with Crippen LogP contribution in [0.2, 0.25) is 0 Å². The number of rotatable bonds is 4. The van der Waals surface area contributed by atoms with Crippen LogP contribution in [-0.4, -0.2) is 19.1 Å². The minimum Gasteiger partial charge on any atom is -0.463 e. The van der Waals surface area contributed by atoms with Gasteiger partial charge in [0, 0.05) is 6.04 Å². The Morgan fingerprint density at radius 1 is 1.35 bits per heavy atom. The molecule has 0 saturated heterocycles. The number of carbonyl (C=O) groups excluding carboxylic acids is 1. The topological polar surface area (TPSA) is 51.5 Å². The van der Waals surface area contributed by atoms with Crippen molar-refractivity contribution in [2.75, 3.05) is 7.11 Å². The van der Waals surface area contributed by atoms with Gasteiger partial charge in [-0.3, -0.25) is 0 Å². The zero-order valence-corrected chi connectivity index (χ0v) is 12.6. The molecule has 4 nitrogen and oxygen atoms in total. The minimum atomic E-state index is -0.424. The van der Waals surface area contributed by atoms with E-state index in [1.807, 2.05) is 6.07 Å². The minimum absolute atomic E-state index is 0.117. The Bertz CT molecular complexity index is 441. The van der Waals surface area contributed by atoms with Gasteiger partial charge in [0.2, 0.25) is 5.76 Å². The first-order chi connectivity index (χ1) is 9.60. The SMILES string of the molecule is COC(=O)c1ccc(C(C)NC2CCCC(C)CC2)o1. The van der Waals surface area contributed by atoms with Crippen molar-refractivity contribution in [3.05, 3.63) is 23.7 Å². The number of hydrogen-bond acceptors (Lipinski definition) is 4. The summed E-state index contributed by atoms with van der Waals surface area (Å²) in [6, 6.07) is 4.19. The lowest BCUT2D eigenvalue weighted by atomic mass is 10.0. The van der Waals surface area contributed by atoms with E-state index >= 15 is 0 Å². The number of methoxy groups -OCH3 is 1. The molecular weight excluding hydrogens is 254 g/mol. The highest BCUT2D eigenvalue weighted by Gasteiger charge is 2.20. The number of hydrogen-bond donors (Lipinski definition) is 1. The molecule has 1 aromatic rings. The molecule has 0 spiro atoms. The predicted molar refractivity (Wildman–Crippen MR) is 77.6 cm³/mol. The fourth-order valence-corrected chi connectivity index (χ4v) is 2.89. The summed E-state index contributed by atoms with van der Waals surface area (Å²) in [5.74, 6) is 1.48. The summed E-state index contributed by atoms with van der Waals surface area (Å²) >= 11 is 0. The number of carbonyl (C=O) groups is 1. The van der Waals surface area contributed by atoms with E-state index in [2.05, 4.69) is 23.9 Å². The average molecular weight is 279 g/mol. The molecule has 0 bridgehead atoms. The largest absolute Gasteiger partial charge is 0.463 e. The molecular formula is C16H25NO3. The highest BCUT2D eigenvalue weighted by molar-refractivity contribution is 5.86. The second-order valence-corrected chi connectivity index (χ2v) is 5.89. The third-order valence-corrected chi connectivity index (χ3v) is 4.18. The van der Waals surface area contributed by atoms with Gasteiger partial charge in [0.15, 0.2) is 0 Å². The number of furan rings is 1. The molecule has 1 aliphatic rings. The monoisotopic (exact) mass is 279 g/mol. The Balaban J connectivity index is 1.92. The van der Waals surface area contributed by atoms with Crippen LogP contribution >= 0.6 is 0 Å². The van der Waals surface area contributed by atoms with Gasteiger partial charge in [-0.15, -0.1) is 0 Å². The summed E-state index contributed by atoms with van der Waals surface area (Å²) in [7, 11) is 1.36. The Hall–Kier alpha value is -1.29. The zero-order chi connectivity index (χ0) is 14.5. The average Bonchev–Trinajstić information content (AvgIpc) is 2.85. The lowest BCUT2D eigenvalue weighted by molar-refractivity contribution is 0.0562. The van der Waals surface area contributed by atoms with Crippen molar-refractivity contribution < 1.29 is 13.9 Å². The molecule has 1 fully saturated rings. The molecule has 3 unspecified atom stereocenters. The van der Waals surface area contributed by atoms with Gasteiger partial charge in [-0.05, 0) is 44.2 Å².